The smallest absolute Gasteiger partial charge is 0.128 e. The van der Waals surface area contributed by atoms with Crippen molar-refractivity contribution >= 4 is 11.8 Å². The highest BCUT2D eigenvalue weighted by Crippen LogP contribution is 2.53. The molecule has 1 unspecified atom stereocenters. The zero-order chi connectivity index (χ0) is 11.9. The Kier molecular flexibility index (Phi) is 2.83. The van der Waals surface area contributed by atoms with Crippen LogP contribution in [0.2, 0.25) is 0 Å². The van der Waals surface area contributed by atoms with Crippen LogP contribution in [-0.4, -0.2) is 22.7 Å². The topological polar surface area (TPSA) is 29.5 Å². The highest BCUT2D eigenvalue weighted by Gasteiger charge is 2.44. The number of fused-ring (bicyclic) bond motifs is 1. The Hall–Kier alpha value is -0.670. The Morgan fingerprint density at radius 3 is 2.88 bits per heavy atom. The molecule has 0 bridgehead atoms. The second kappa shape index (κ2) is 4.21. The van der Waals surface area contributed by atoms with Gasteiger partial charge >= 0.3 is 0 Å². The summed E-state index contributed by atoms with van der Waals surface area (Å²) in [5.41, 5.74) is 2.24. The van der Waals surface area contributed by atoms with Crippen molar-refractivity contribution in [3.63, 3.8) is 0 Å². The first-order valence-electron chi connectivity index (χ1n) is 6.25. The number of aliphatic hydroxyl groups is 1. The fraction of sp³-hybridized carbons (Fsp3) is 0.571. The van der Waals surface area contributed by atoms with Gasteiger partial charge in [0.25, 0.3) is 0 Å². The molecule has 1 N–H and O–H groups in total. The van der Waals surface area contributed by atoms with Crippen LogP contribution >= 0.6 is 11.8 Å². The lowest BCUT2D eigenvalue weighted by molar-refractivity contribution is 0.0852. The Balaban J connectivity index is 1.96. The number of hydrogen-bond acceptors (Lipinski definition) is 3. The first-order chi connectivity index (χ1) is 8.27. The lowest BCUT2D eigenvalue weighted by atomic mass is 9.77. The molecule has 1 heterocycles. The molecule has 92 valence electrons. The van der Waals surface area contributed by atoms with Gasteiger partial charge in [-0.15, -0.1) is 0 Å². The van der Waals surface area contributed by atoms with Gasteiger partial charge in [-0.2, -0.15) is 11.8 Å². The largest absolute Gasteiger partial charge is 0.493 e. The molecule has 1 aromatic rings. The first-order valence-corrected chi connectivity index (χ1v) is 7.47. The Morgan fingerprint density at radius 2 is 2.24 bits per heavy atom. The normalized spacial score (nSPS) is 22.5. The summed E-state index contributed by atoms with van der Waals surface area (Å²) in [5.74, 6) is 0.945. The van der Waals surface area contributed by atoms with E-state index < -0.39 is 0 Å². The van der Waals surface area contributed by atoms with E-state index in [1.54, 1.807) is 11.8 Å². The van der Waals surface area contributed by atoms with Crippen LogP contribution in [0.5, 0.6) is 5.75 Å². The van der Waals surface area contributed by atoms with E-state index in [0.29, 0.717) is 0 Å². The maximum atomic E-state index is 10.7. The minimum atomic E-state index is -0.390. The average molecular weight is 250 g/mol. The number of benzene rings is 1. The predicted molar refractivity (Wildman–Crippen MR) is 70.7 cm³/mol. The fourth-order valence-corrected chi connectivity index (χ4v) is 3.90. The van der Waals surface area contributed by atoms with E-state index in [1.807, 2.05) is 12.1 Å². The van der Waals surface area contributed by atoms with E-state index in [0.717, 1.165) is 37.2 Å². The van der Waals surface area contributed by atoms with Gasteiger partial charge in [-0.05, 0) is 24.7 Å². The molecule has 17 heavy (non-hydrogen) atoms. The molecule has 0 amide bonds. The number of rotatable bonds is 3. The predicted octanol–water partition coefficient (Wildman–Crippen LogP) is 2.94. The minimum Gasteiger partial charge on any atom is -0.493 e. The van der Waals surface area contributed by atoms with Crippen LogP contribution in [0.4, 0.5) is 0 Å². The highest BCUT2D eigenvalue weighted by molar-refractivity contribution is 8.00. The summed E-state index contributed by atoms with van der Waals surface area (Å²) in [6.07, 6.45) is 6.14. The second-order valence-corrected chi connectivity index (χ2v) is 6.18. The minimum absolute atomic E-state index is 0.0288. The molecule has 2 nitrogen and oxygen atoms in total. The standard InChI is InChI=1S/C14H18O2S/c1-17-14(7-3-8-14)13(15)11-5-2-4-10-6-9-16-12(10)11/h2,4-5,13,15H,3,6-9H2,1H3. The van der Waals surface area contributed by atoms with Crippen molar-refractivity contribution in [1.82, 2.24) is 0 Å². The van der Waals surface area contributed by atoms with Gasteiger partial charge in [-0.25, -0.2) is 0 Å². The SMILES string of the molecule is CSC1(C(O)c2cccc3c2OCC3)CCC1. The van der Waals surface area contributed by atoms with Gasteiger partial charge in [0.15, 0.2) is 0 Å². The zero-order valence-corrected chi connectivity index (χ0v) is 10.9. The van der Waals surface area contributed by atoms with Crippen molar-refractivity contribution in [2.45, 2.75) is 36.5 Å². The summed E-state index contributed by atoms with van der Waals surface area (Å²) < 4.78 is 5.72. The molecule has 3 heteroatoms. The third kappa shape index (κ3) is 1.67. The highest BCUT2D eigenvalue weighted by atomic mass is 32.2. The lowest BCUT2D eigenvalue weighted by Crippen LogP contribution is -2.39. The van der Waals surface area contributed by atoms with Crippen LogP contribution in [0, 0.1) is 0 Å². The molecule has 0 aromatic heterocycles. The van der Waals surface area contributed by atoms with Crippen molar-refractivity contribution in [2.75, 3.05) is 12.9 Å². The molecule has 1 fully saturated rings. The van der Waals surface area contributed by atoms with E-state index in [9.17, 15) is 5.11 Å². The molecule has 3 rings (SSSR count). The monoisotopic (exact) mass is 250 g/mol. The van der Waals surface area contributed by atoms with Crippen LogP contribution in [0.1, 0.15) is 36.5 Å². The van der Waals surface area contributed by atoms with Crippen LogP contribution in [0.15, 0.2) is 18.2 Å². The lowest BCUT2D eigenvalue weighted by Gasteiger charge is -2.44. The van der Waals surface area contributed by atoms with Crippen LogP contribution in [-0.2, 0) is 6.42 Å². The van der Waals surface area contributed by atoms with E-state index in [1.165, 1.54) is 12.0 Å². The van der Waals surface area contributed by atoms with E-state index in [-0.39, 0.29) is 10.9 Å². The molecule has 0 saturated heterocycles. The molecule has 1 aliphatic carbocycles. The van der Waals surface area contributed by atoms with Crippen molar-refractivity contribution in [3.8, 4) is 5.75 Å². The molecule has 2 aliphatic rings. The van der Waals surface area contributed by atoms with E-state index >= 15 is 0 Å². The van der Waals surface area contributed by atoms with Crippen LogP contribution in [0.25, 0.3) is 0 Å². The van der Waals surface area contributed by atoms with Gasteiger partial charge in [0.2, 0.25) is 0 Å². The molecule has 0 radical (unpaired) electrons. The number of ether oxygens (including phenoxy) is 1. The summed E-state index contributed by atoms with van der Waals surface area (Å²) in [6, 6.07) is 6.16. The molecular weight excluding hydrogens is 232 g/mol. The van der Waals surface area contributed by atoms with Gasteiger partial charge in [0.05, 0.1) is 12.7 Å². The Bertz CT molecular complexity index is 421. The Morgan fingerprint density at radius 1 is 1.41 bits per heavy atom. The summed E-state index contributed by atoms with van der Waals surface area (Å²) in [5, 5.41) is 10.7. The molecular formula is C14H18O2S. The van der Waals surface area contributed by atoms with Crippen LogP contribution < -0.4 is 4.74 Å². The van der Waals surface area contributed by atoms with Gasteiger partial charge in [0, 0.05) is 16.7 Å². The van der Waals surface area contributed by atoms with Gasteiger partial charge in [0.1, 0.15) is 5.75 Å². The molecule has 0 spiro atoms. The van der Waals surface area contributed by atoms with Crippen molar-refractivity contribution < 1.29 is 9.84 Å². The molecule has 1 atom stereocenters. The van der Waals surface area contributed by atoms with Gasteiger partial charge in [-0.1, -0.05) is 24.6 Å². The van der Waals surface area contributed by atoms with Crippen molar-refractivity contribution in [2.24, 2.45) is 0 Å². The molecule has 1 saturated carbocycles. The Labute approximate surface area is 106 Å². The van der Waals surface area contributed by atoms with E-state index in [4.69, 9.17) is 4.74 Å². The third-order valence-electron chi connectivity index (χ3n) is 4.14. The number of para-hydroxylation sites is 1. The summed E-state index contributed by atoms with van der Waals surface area (Å²) in [6.45, 7) is 0.755. The average Bonchev–Trinajstić information content (AvgIpc) is 2.75. The van der Waals surface area contributed by atoms with Gasteiger partial charge in [-0.3, -0.25) is 0 Å². The number of hydrogen-bond donors (Lipinski definition) is 1. The second-order valence-electron chi connectivity index (χ2n) is 4.96. The maximum Gasteiger partial charge on any atom is 0.128 e. The summed E-state index contributed by atoms with van der Waals surface area (Å²) in [4.78, 5) is 0. The van der Waals surface area contributed by atoms with Crippen molar-refractivity contribution in [3.05, 3.63) is 29.3 Å². The molecule has 1 aliphatic heterocycles. The van der Waals surface area contributed by atoms with Crippen LogP contribution in [0.3, 0.4) is 0 Å². The fourth-order valence-electron chi connectivity index (χ4n) is 2.85. The van der Waals surface area contributed by atoms with E-state index in [2.05, 4.69) is 12.3 Å². The number of aliphatic hydroxyl groups excluding tert-OH is 1. The van der Waals surface area contributed by atoms with Gasteiger partial charge < -0.3 is 9.84 Å². The van der Waals surface area contributed by atoms with Crippen molar-refractivity contribution in [1.29, 1.82) is 0 Å². The zero-order valence-electron chi connectivity index (χ0n) is 10.1. The maximum absolute atomic E-state index is 10.7. The quantitative estimate of drug-likeness (QED) is 0.894. The summed E-state index contributed by atoms with van der Waals surface area (Å²) >= 11 is 1.80. The number of thioether (sulfide) groups is 1. The first kappa shape index (κ1) is 11.4. The molecule has 1 aromatic carbocycles. The summed E-state index contributed by atoms with van der Waals surface area (Å²) in [7, 11) is 0. The third-order valence-corrected chi connectivity index (χ3v) is 5.59.